The third-order valence-corrected chi connectivity index (χ3v) is 3.78. The van der Waals surface area contributed by atoms with Gasteiger partial charge in [0, 0.05) is 11.5 Å². The molecular formula is C19H13FN2O3. The number of aromatic nitrogens is 1. The Hall–Kier alpha value is -3.41. The summed E-state index contributed by atoms with van der Waals surface area (Å²) in [6.07, 6.45) is 0. The average Bonchev–Trinajstić information content (AvgIpc) is 3.27. The van der Waals surface area contributed by atoms with Crippen molar-refractivity contribution >= 4 is 16.9 Å². The van der Waals surface area contributed by atoms with E-state index in [0.29, 0.717) is 22.6 Å². The smallest absolute Gasteiger partial charge is 0.287 e. The number of benzene rings is 2. The number of halogens is 1. The van der Waals surface area contributed by atoms with Crippen LogP contribution in [0.4, 0.5) is 4.39 Å². The number of nitrogens with zero attached hydrogens (tertiary/aromatic N) is 1. The maximum absolute atomic E-state index is 13.8. The Kier molecular flexibility index (Phi) is 3.78. The van der Waals surface area contributed by atoms with Crippen LogP contribution in [0, 0.1) is 5.82 Å². The van der Waals surface area contributed by atoms with Gasteiger partial charge in [0.25, 0.3) is 5.91 Å². The van der Waals surface area contributed by atoms with Crippen molar-refractivity contribution < 1.29 is 18.1 Å². The largest absolute Gasteiger partial charge is 0.451 e. The Bertz CT molecular complexity index is 1020. The molecule has 0 bridgehead atoms. The van der Waals surface area contributed by atoms with Crippen molar-refractivity contribution in [3.63, 3.8) is 0 Å². The minimum Gasteiger partial charge on any atom is -0.451 e. The first-order chi connectivity index (χ1) is 12.2. The molecule has 0 saturated carbocycles. The lowest BCUT2D eigenvalue weighted by atomic mass is 10.1. The van der Waals surface area contributed by atoms with Crippen molar-refractivity contribution in [3.05, 3.63) is 77.9 Å². The summed E-state index contributed by atoms with van der Waals surface area (Å²) in [5.41, 5.74) is 1.46. The molecule has 2 aromatic carbocycles. The zero-order valence-corrected chi connectivity index (χ0v) is 13.0. The Morgan fingerprint density at radius 2 is 1.88 bits per heavy atom. The topological polar surface area (TPSA) is 68.3 Å². The molecule has 1 N–H and O–H groups in total. The second-order valence-electron chi connectivity index (χ2n) is 5.49. The van der Waals surface area contributed by atoms with Crippen molar-refractivity contribution in [2.45, 2.75) is 6.54 Å². The van der Waals surface area contributed by atoms with Crippen molar-refractivity contribution in [1.82, 2.24) is 10.5 Å². The van der Waals surface area contributed by atoms with Crippen LogP contribution < -0.4 is 5.32 Å². The van der Waals surface area contributed by atoms with Gasteiger partial charge in [0.15, 0.2) is 11.5 Å². The molecule has 0 radical (unpaired) electrons. The molecule has 6 heteroatoms. The zero-order valence-electron chi connectivity index (χ0n) is 13.0. The van der Waals surface area contributed by atoms with Gasteiger partial charge in [-0.1, -0.05) is 35.5 Å². The molecule has 0 unspecified atom stereocenters. The van der Waals surface area contributed by atoms with Crippen molar-refractivity contribution in [2.75, 3.05) is 0 Å². The Morgan fingerprint density at radius 3 is 2.72 bits per heavy atom. The SMILES string of the molecule is O=C(NCc1cc(-c2ccccc2F)on1)c1cc2ccccc2o1. The van der Waals surface area contributed by atoms with Gasteiger partial charge in [-0.3, -0.25) is 4.79 Å². The van der Waals surface area contributed by atoms with Crippen LogP contribution in [0.5, 0.6) is 0 Å². The highest BCUT2D eigenvalue weighted by Crippen LogP contribution is 2.23. The summed E-state index contributed by atoms with van der Waals surface area (Å²) in [7, 11) is 0. The predicted molar refractivity (Wildman–Crippen MR) is 89.3 cm³/mol. The molecule has 0 aliphatic rings. The number of para-hydroxylation sites is 1. The fourth-order valence-electron chi connectivity index (χ4n) is 2.53. The van der Waals surface area contributed by atoms with E-state index in [1.165, 1.54) is 6.07 Å². The number of hydrogen-bond acceptors (Lipinski definition) is 4. The quantitative estimate of drug-likeness (QED) is 0.608. The van der Waals surface area contributed by atoms with Gasteiger partial charge >= 0.3 is 0 Å². The van der Waals surface area contributed by atoms with Crippen LogP contribution >= 0.6 is 0 Å². The molecule has 2 aromatic heterocycles. The first-order valence-electron chi connectivity index (χ1n) is 7.68. The standard InChI is InChI=1S/C19H13FN2O3/c20-15-7-3-2-6-14(15)17-10-13(22-25-17)11-21-19(23)18-9-12-5-1-4-8-16(12)24-18/h1-10H,11H2,(H,21,23). The van der Waals surface area contributed by atoms with Crippen LogP contribution in [-0.4, -0.2) is 11.1 Å². The molecule has 124 valence electrons. The maximum Gasteiger partial charge on any atom is 0.287 e. The van der Waals surface area contributed by atoms with Gasteiger partial charge in [0.05, 0.1) is 12.1 Å². The molecule has 25 heavy (non-hydrogen) atoms. The zero-order chi connectivity index (χ0) is 17.2. The van der Waals surface area contributed by atoms with Crippen molar-refractivity contribution in [3.8, 4) is 11.3 Å². The highest BCUT2D eigenvalue weighted by Gasteiger charge is 2.14. The minimum atomic E-state index is -0.392. The van der Waals surface area contributed by atoms with Gasteiger partial charge in [-0.2, -0.15) is 0 Å². The summed E-state index contributed by atoms with van der Waals surface area (Å²) in [6, 6.07) is 16.9. The number of carbonyl (C=O) groups is 1. The van der Waals surface area contributed by atoms with Crippen LogP contribution in [0.15, 0.2) is 69.6 Å². The van der Waals surface area contributed by atoms with E-state index in [9.17, 15) is 9.18 Å². The summed E-state index contributed by atoms with van der Waals surface area (Å²) in [4.78, 5) is 12.2. The number of nitrogens with one attached hydrogen (secondary N) is 1. The summed E-state index contributed by atoms with van der Waals surface area (Å²) >= 11 is 0. The van der Waals surface area contributed by atoms with E-state index in [1.54, 1.807) is 36.4 Å². The fourth-order valence-corrected chi connectivity index (χ4v) is 2.53. The lowest BCUT2D eigenvalue weighted by Crippen LogP contribution is -2.22. The number of fused-ring (bicyclic) bond motifs is 1. The van der Waals surface area contributed by atoms with E-state index in [0.717, 1.165) is 5.39 Å². The molecule has 0 aliphatic carbocycles. The highest BCUT2D eigenvalue weighted by atomic mass is 19.1. The van der Waals surface area contributed by atoms with Gasteiger partial charge in [0.2, 0.25) is 0 Å². The van der Waals surface area contributed by atoms with Crippen LogP contribution in [0.2, 0.25) is 0 Å². The first-order valence-corrected chi connectivity index (χ1v) is 7.68. The van der Waals surface area contributed by atoms with E-state index in [4.69, 9.17) is 8.94 Å². The first kappa shape index (κ1) is 15.1. The molecule has 4 aromatic rings. The summed E-state index contributed by atoms with van der Waals surface area (Å²) in [5.74, 6) is -0.215. The summed E-state index contributed by atoms with van der Waals surface area (Å²) in [6.45, 7) is 0.147. The molecule has 0 fully saturated rings. The number of rotatable bonds is 4. The van der Waals surface area contributed by atoms with Gasteiger partial charge < -0.3 is 14.3 Å². The Labute approximate surface area is 142 Å². The van der Waals surface area contributed by atoms with Crippen molar-refractivity contribution in [1.29, 1.82) is 0 Å². The number of amides is 1. The third-order valence-electron chi connectivity index (χ3n) is 3.78. The van der Waals surface area contributed by atoms with E-state index in [-0.39, 0.29) is 18.2 Å². The van der Waals surface area contributed by atoms with E-state index >= 15 is 0 Å². The number of carbonyl (C=O) groups excluding carboxylic acids is 1. The second-order valence-corrected chi connectivity index (χ2v) is 5.49. The molecule has 2 heterocycles. The molecule has 0 aliphatic heterocycles. The van der Waals surface area contributed by atoms with E-state index in [2.05, 4.69) is 10.5 Å². The normalized spacial score (nSPS) is 10.9. The van der Waals surface area contributed by atoms with Gasteiger partial charge in [-0.25, -0.2) is 4.39 Å². The molecule has 4 rings (SSSR count). The van der Waals surface area contributed by atoms with Crippen LogP contribution in [-0.2, 0) is 6.54 Å². The molecular weight excluding hydrogens is 323 g/mol. The average molecular weight is 336 g/mol. The number of furan rings is 1. The molecule has 0 spiro atoms. The van der Waals surface area contributed by atoms with Crippen LogP contribution in [0.25, 0.3) is 22.3 Å². The Morgan fingerprint density at radius 1 is 1.08 bits per heavy atom. The summed E-state index contributed by atoms with van der Waals surface area (Å²) in [5, 5.41) is 7.42. The van der Waals surface area contributed by atoms with Gasteiger partial charge in [-0.05, 0) is 24.3 Å². The molecule has 0 atom stereocenters. The van der Waals surface area contributed by atoms with E-state index < -0.39 is 5.82 Å². The molecule has 0 saturated heterocycles. The maximum atomic E-state index is 13.8. The van der Waals surface area contributed by atoms with Crippen LogP contribution in [0.3, 0.4) is 0 Å². The van der Waals surface area contributed by atoms with E-state index in [1.807, 2.05) is 18.2 Å². The lowest BCUT2D eigenvalue weighted by Gasteiger charge is -1.98. The Balaban J connectivity index is 1.46. The summed E-state index contributed by atoms with van der Waals surface area (Å²) < 4.78 is 24.4. The molecule has 5 nitrogen and oxygen atoms in total. The minimum absolute atomic E-state index is 0.147. The van der Waals surface area contributed by atoms with Gasteiger partial charge in [0.1, 0.15) is 17.1 Å². The lowest BCUT2D eigenvalue weighted by molar-refractivity contribution is 0.0924. The predicted octanol–water partition coefficient (Wildman–Crippen LogP) is 4.16. The fraction of sp³-hybridized carbons (Fsp3) is 0.0526. The third kappa shape index (κ3) is 3.01. The number of hydrogen-bond donors (Lipinski definition) is 1. The van der Waals surface area contributed by atoms with Crippen molar-refractivity contribution in [2.24, 2.45) is 0 Å². The molecule has 1 amide bonds. The second kappa shape index (κ2) is 6.24. The highest BCUT2D eigenvalue weighted by molar-refractivity contribution is 5.96. The monoisotopic (exact) mass is 336 g/mol. The van der Waals surface area contributed by atoms with Crippen LogP contribution in [0.1, 0.15) is 16.2 Å². The van der Waals surface area contributed by atoms with Gasteiger partial charge in [-0.15, -0.1) is 0 Å².